The Morgan fingerprint density at radius 1 is 1.33 bits per heavy atom. The highest BCUT2D eigenvalue weighted by atomic mass is 79.9. The first-order valence-electron chi connectivity index (χ1n) is 7.96. The molecule has 1 aliphatic heterocycles. The lowest BCUT2D eigenvalue weighted by atomic mass is 10.1. The molecule has 1 heterocycles. The normalized spacial score (nSPS) is 25.7. The molecule has 1 aliphatic carbocycles. The van der Waals surface area contributed by atoms with Crippen molar-refractivity contribution in [1.29, 1.82) is 0 Å². The minimum Gasteiger partial charge on any atom is -0.377 e. The summed E-state index contributed by atoms with van der Waals surface area (Å²) < 4.78 is 6.89. The molecule has 116 valence electrons. The average molecular weight is 353 g/mol. The molecule has 0 aromatic heterocycles. The fraction of sp³-hybridized carbons (Fsp3) is 0.647. The highest BCUT2D eigenvalue weighted by Gasteiger charge is 2.28. The van der Waals surface area contributed by atoms with Crippen molar-refractivity contribution >= 4 is 15.9 Å². The largest absolute Gasteiger partial charge is 0.377 e. The van der Waals surface area contributed by atoms with E-state index < -0.39 is 0 Å². The molecule has 21 heavy (non-hydrogen) atoms. The summed E-state index contributed by atoms with van der Waals surface area (Å²) in [7, 11) is 2.20. The Bertz CT molecular complexity index is 490. The van der Waals surface area contributed by atoms with Crippen LogP contribution in [0.5, 0.6) is 0 Å². The molecule has 0 radical (unpaired) electrons. The Hall–Kier alpha value is -0.420. The molecule has 1 saturated carbocycles. The number of halogens is 1. The molecule has 1 saturated heterocycles. The minimum atomic E-state index is 0.343. The van der Waals surface area contributed by atoms with E-state index in [4.69, 9.17) is 4.74 Å². The SMILES string of the molecule is CC1OCCC1N(C)Cc1ccc(CNC2CC2)cc1Br. The number of likely N-dealkylation sites (N-methyl/N-ethyl adjacent to an activating group) is 1. The zero-order valence-electron chi connectivity index (χ0n) is 12.9. The fourth-order valence-corrected chi connectivity index (χ4v) is 3.62. The van der Waals surface area contributed by atoms with Crippen LogP contribution in [0, 0.1) is 0 Å². The molecule has 2 unspecified atom stereocenters. The molecule has 0 amide bonds. The quantitative estimate of drug-likeness (QED) is 0.849. The van der Waals surface area contributed by atoms with Gasteiger partial charge in [-0.1, -0.05) is 28.1 Å². The van der Waals surface area contributed by atoms with E-state index in [0.717, 1.165) is 32.2 Å². The average Bonchev–Trinajstić information content (AvgIpc) is 3.19. The number of hydrogen-bond acceptors (Lipinski definition) is 3. The van der Waals surface area contributed by atoms with Crippen molar-refractivity contribution in [1.82, 2.24) is 10.2 Å². The summed E-state index contributed by atoms with van der Waals surface area (Å²) in [6.07, 6.45) is 4.16. The zero-order chi connectivity index (χ0) is 14.8. The molecular formula is C17H25BrN2O. The predicted molar refractivity (Wildman–Crippen MR) is 89.3 cm³/mol. The van der Waals surface area contributed by atoms with E-state index in [9.17, 15) is 0 Å². The van der Waals surface area contributed by atoms with Crippen LogP contribution in [0.2, 0.25) is 0 Å². The smallest absolute Gasteiger partial charge is 0.0703 e. The number of nitrogens with zero attached hydrogens (tertiary/aromatic N) is 1. The summed E-state index contributed by atoms with van der Waals surface area (Å²) in [5.74, 6) is 0. The molecular weight excluding hydrogens is 328 g/mol. The van der Waals surface area contributed by atoms with Gasteiger partial charge >= 0.3 is 0 Å². The van der Waals surface area contributed by atoms with Crippen LogP contribution in [0.4, 0.5) is 0 Å². The van der Waals surface area contributed by atoms with E-state index in [0.29, 0.717) is 12.1 Å². The lowest BCUT2D eigenvalue weighted by molar-refractivity contribution is 0.0814. The molecule has 2 atom stereocenters. The van der Waals surface area contributed by atoms with Gasteiger partial charge in [-0.25, -0.2) is 0 Å². The van der Waals surface area contributed by atoms with Crippen LogP contribution in [-0.4, -0.2) is 36.7 Å². The third-order valence-corrected chi connectivity index (χ3v) is 5.35. The topological polar surface area (TPSA) is 24.5 Å². The second kappa shape index (κ2) is 6.78. The van der Waals surface area contributed by atoms with Crippen LogP contribution in [0.3, 0.4) is 0 Å². The van der Waals surface area contributed by atoms with Gasteiger partial charge < -0.3 is 10.1 Å². The van der Waals surface area contributed by atoms with E-state index in [1.54, 1.807) is 0 Å². The summed E-state index contributed by atoms with van der Waals surface area (Å²) in [5, 5.41) is 3.56. The van der Waals surface area contributed by atoms with Crippen molar-refractivity contribution in [2.75, 3.05) is 13.7 Å². The third-order valence-electron chi connectivity index (χ3n) is 4.61. The fourth-order valence-electron chi connectivity index (χ4n) is 3.06. The van der Waals surface area contributed by atoms with Gasteiger partial charge in [0.05, 0.1) is 6.10 Å². The maximum Gasteiger partial charge on any atom is 0.0703 e. The van der Waals surface area contributed by atoms with Gasteiger partial charge in [-0.15, -0.1) is 0 Å². The first kappa shape index (κ1) is 15.5. The van der Waals surface area contributed by atoms with Crippen molar-refractivity contribution in [3.8, 4) is 0 Å². The molecule has 2 fully saturated rings. The van der Waals surface area contributed by atoms with Crippen molar-refractivity contribution in [2.24, 2.45) is 0 Å². The van der Waals surface area contributed by atoms with Gasteiger partial charge in [-0.05, 0) is 50.4 Å². The van der Waals surface area contributed by atoms with Crippen molar-refractivity contribution < 1.29 is 4.74 Å². The van der Waals surface area contributed by atoms with E-state index in [-0.39, 0.29) is 0 Å². The number of nitrogens with one attached hydrogen (secondary N) is 1. The minimum absolute atomic E-state index is 0.343. The summed E-state index contributed by atoms with van der Waals surface area (Å²) in [4.78, 5) is 2.42. The Balaban J connectivity index is 1.59. The lowest BCUT2D eigenvalue weighted by Crippen LogP contribution is -2.36. The van der Waals surface area contributed by atoms with Gasteiger partial charge in [0.1, 0.15) is 0 Å². The highest BCUT2D eigenvalue weighted by Crippen LogP contribution is 2.25. The first-order valence-corrected chi connectivity index (χ1v) is 8.75. The van der Waals surface area contributed by atoms with Gasteiger partial charge in [-0.2, -0.15) is 0 Å². The summed E-state index contributed by atoms with van der Waals surface area (Å²) in [6.45, 7) is 5.02. The predicted octanol–water partition coefficient (Wildman–Crippen LogP) is 3.31. The Morgan fingerprint density at radius 3 is 2.76 bits per heavy atom. The second-order valence-corrected chi connectivity index (χ2v) is 7.28. The Labute approximate surface area is 136 Å². The zero-order valence-corrected chi connectivity index (χ0v) is 14.5. The van der Waals surface area contributed by atoms with Crippen molar-refractivity contribution in [3.63, 3.8) is 0 Å². The van der Waals surface area contributed by atoms with Crippen LogP contribution >= 0.6 is 15.9 Å². The van der Waals surface area contributed by atoms with Gasteiger partial charge in [0.2, 0.25) is 0 Å². The molecule has 3 nitrogen and oxygen atoms in total. The Kier molecular flexibility index (Phi) is 4.99. The van der Waals surface area contributed by atoms with Gasteiger partial charge in [0.15, 0.2) is 0 Å². The third kappa shape index (κ3) is 4.07. The van der Waals surface area contributed by atoms with Gasteiger partial charge in [0.25, 0.3) is 0 Å². The molecule has 3 rings (SSSR count). The molecule has 1 aromatic carbocycles. The molecule has 0 spiro atoms. The first-order chi connectivity index (χ1) is 10.1. The molecule has 0 bridgehead atoms. The maximum atomic E-state index is 5.67. The van der Waals surface area contributed by atoms with E-state index >= 15 is 0 Å². The van der Waals surface area contributed by atoms with Crippen LogP contribution < -0.4 is 5.32 Å². The van der Waals surface area contributed by atoms with E-state index in [1.165, 1.54) is 28.4 Å². The number of benzene rings is 1. The second-order valence-electron chi connectivity index (χ2n) is 6.43. The van der Waals surface area contributed by atoms with Gasteiger partial charge in [0, 0.05) is 36.3 Å². The standard InChI is InChI=1S/C17H25BrN2O/c1-12-17(7-8-21-12)20(2)11-14-4-3-13(9-16(14)18)10-19-15-5-6-15/h3-4,9,12,15,17,19H,5-8,10-11H2,1-2H3. The summed E-state index contributed by atoms with van der Waals surface area (Å²) >= 11 is 3.74. The van der Waals surface area contributed by atoms with Crippen LogP contribution in [0.15, 0.2) is 22.7 Å². The number of ether oxygens (including phenoxy) is 1. The van der Waals surface area contributed by atoms with Crippen molar-refractivity contribution in [2.45, 2.75) is 57.5 Å². The molecule has 2 aliphatic rings. The van der Waals surface area contributed by atoms with Crippen LogP contribution in [0.25, 0.3) is 0 Å². The molecule has 1 aromatic rings. The maximum absolute atomic E-state index is 5.67. The van der Waals surface area contributed by atoms with Crippen LogP contribution in [0.1, 0.15) is 37.3 Å². The van der Waals surface area contributed by atoms with Gasteiger partial charge in [-0.3, -0.25) is 4.90 Å². The summed E-state index contributed by atoms with van der Waals surface area (Å²) in [5.41, 5.74) is 2.71. The molecule has 4 heteroatoms. The number of rotatable bonds is 6. The van der Waals surface area contributed by atoms with E-state index in [1.807, 2.05) is 0 Å². The molecule has 1 N–H and O–H groups in total. The van der Waals surface area contributed by atoms with Crippen LogP contribution in [-0.2, 0) is 17.8 Å². The highest BCUT2D eigenvalue weighted by molar-refractivity contribution is 9.10. The monoisotopic (exact) mass is 352 g/mol. The number of hydrogen-bond donors (Lipinski definition) is 1. The Morgan fingerprint density at radius 2 is 2.14 bits per heavy atom. The summed E-state index contributed by atoms with van der Waals surface area (Å²) in [6, 6.07) is 8.06. The van der Waals surface area contributed by atoms with Crippen molar-refractivity contribution in [3.05, 3.63) is 33.8 Å². The lowest BCUT2D eigenvalue weighted by Gasteiger charge is -2.27. The van der Waals surface area contributed by atoms with E-state index in [2.05, 4.69) is 58.3 Å².